The number of rotatable bonds is 6. The Labute approximate surface area is 471 Å². The van der Waals surface area contributed by atoms with Crippen LogP contribution in [0.5, 0.6) is 34.5 Å². The summed E-state index contributed by atoms with van der Waals surface area (Å²) in [6, 6.07) is 40.8. The van der Waals surface area contributed by atoms with Gasteiger partial charge in [0, 0.05) is 25.7 Å². The van der Waals surface area contributed by atoms with Gasteiger partial charge in [0.1, 0.15) is 45.6 Å². The van der Waals surface area contributed by atoms with Crippen molar-refractivity contribution in [3.05, 3.63) is 199 Å². The van der Waals surface area contributed by atoms with Crippen LogP contribution < -0.4 is 28.0 Å². The Hall–Kier alpha value is -7.55. The van der Waals surface area contributed by atoms with Crippen molar-refractivity contribution < 1.29 is 46.8 Å². The van der Waals surface area contributed by atoms with E-state index in [0.29, 0.717) is 71.3 Å². The maximum Gasteiger partial charge on any atom is 0.532 e. The van der Waals surface area contributed by atoms with Crippen LogP contribution in [-0.4, -0.2) is 32.6 Å². The molecule has 0 spiro atoms. The molecular formula is C69H71O10P. The average Bonchev–Trinajstić information content (AvgIpc) is 3.38. The maximum atomic E-state index is 14.2. The van der Waals surface area contributed by atoms with Crippen LogP contribution in [0.1, 0.15) is 171 Å². The van der Waals surface area contributed by atoms with Crippen molar-refractivity contribution in [2.45, 2.75) is 137 Å². The van der Waals surface area contributed by atoms with E-state index in [1.807, 2.05) is 72.8 Å². The van der Waals surface area contributed by atoms with E-state index in [1.54, 1.807) is 14.2 Å². The second-order valence-electron chi connectivity index (χ2n) is 25.6. The lowest BCUT2D eigenvalue weighted by Crippen LogP contribution is -2.35. The van der Waals surface area contributed by atoms with E-state index < -0.39 is 27.0 Å². The fourth-order valence-electron chi connectivity index (χ4n) is 11.3. The van der Waals surface area contributed by atoms with Crippen molar-refractivity contribution in [2.24, 2.45) is 0 Å². The van der Waals surface area contributed by atoms with Gasteiger partial charge in [-0.15, -0.1) is 0 Å². The number of ether oxygens (including phenoxy) is 5. The summed E-state index contributed by atoms with van der Waals surface area (Å²) < 4.78 is 52.9. The zero-order chi connectivity index (χ0) is 56.8. The zero-order valence-corrected chi connectivity index (χ0v) is 49.4. The molecular weight excluding hydrogens is 1020 g/mol. The molecule has 0 radical (unpaired) electrons. The normalized spacial score (nSPS) is 16.4. The standard InChI is InChI=1S/C69H71O10P/c1-66(2,3)49-31-41-27-45-35-51(68(7,8)9)36-46(61(45)75-65-74-55-25-23-39-19-15-17-21-53(39)57(55)63(70)76-65)28-42-32-50(67(4,5)6)34-44(60(42)73-14)30-48-38-52(69(10,11)12)37-47(29-43(33-49)59(41)72-13)62(48)78-80-77-56-26-24-40-20-16-18-22-54(40)58(56)64(71)79-80/h15-26,31-38,65H,27-30H2,1-14H3. The topological polar surface area (TPSA) is 108 Å². The van der Waals surface area contributed by atoms with Gasteiger partial charge in [0.05, 0.1) is 14.2 Å². The largest absolute Gasteiger partial charge is 0.532 e. The predicted molar refractivity (Wildman–Crippen MR) is 317 cm³/mol. The molecule has 2 atom stereocenters. The SMILES string of the molecule is COc1c2cc(C(C)(C)C)cc1Cc1cc(C(C)(C)C)cc(c1OP1OC(=O)c3c(ccc4ccccc34)O1)Cc1cc(C(C)(C)C)cc(c1OC)Cc1cc(C(C)(C)C)cc(c1OC1OC(=O)c3c(ccc4ccccc34)O1)C2. The molecule has 0 saturated heterocycles. The Morgan fingerprint density at radius 2 is 0.775 bits per heavy atom. The summed E-state index contributed by atoms with van der Waals surface area (Å²) in [7, 11) is 1.17. The number of carbonyl (C=O) groups is 2. The van der Waals surface area contributed by atoms with E-state index in [4.69, 9.17) is 37.3 Å². The summed E-state index contributed by atoms with van der Waals surface area (Å²) in [6.07, 6.45) is 1.51. The quantitative estimate of drug-likeness (QED) is 0.118. The van der Waals surface area contributed by atoms with Gasteiger partial charge < -0.3 is 37.3 Å². The Bertz CT molecular complexity index is 3460. The van der Waals surface area contributed by atoms with Crippen LogP contribution >= 0.6 is 8.60 Å². The number of hydrogen-bond donors (Lipinski definition) is 0. The summed E-state index contributed by atoms with van der Waals surface area (Å²) in [5, 5.41) is 3.31. The molecule has 10 nitrogen and oxygen atoms in total. The smallest absolute Gasteiger partial charge is 0.496 e. The molecule has 11 rings (SSSR count). The minimum atomic E-state index is -2.28. The highest BCUT2D eigenvalue weighted by atomic mass is 31.2. The van der Waals surface area contributed by atoms with Crippen molar-refractivity contribution in [1.82, 2.24) is 0 Å². The average molecular weight is 1090 g/mol. The van der Waals surface area contributed by atoms with Crippen molar-refractivity contribution in [2.75, 3.05) is 14.2 Å². The molecule has 2 heterocycles. The monoisotopic (exact) mass is 1090 g/mol. The van der Waals surface area contributed by atoms with E-state index in [1.165, 1.54) is 0 Å². The van der Waals surface area contributed by atoms with Crippen LogP contribution in [0.3, 0.4) is 0 Å². The number of methoxy groups -OCH3 is 2. The number of fused-ring (bicyclic) bond motifs is 14. The van der Waals surface area contributed by atoms with Crippen molar-refractivity contribution >= 4 is 42.1 Å². The molecule has 0 aromatic heterocycles. The molecule has 0 fully saturated rings. The lowest BCUT2D eigenvalue weighted by Gasteiger charge is -2.31. The molecule has 8 aromatic rings. The van der Waals surface area contributed by atoms with Crippen LogP contribution in [0.25, 0.3) is 21.5 Å². The highest BCUT2D eigenvalue weighted by molar-refractivity contribution is 7.43. The first-order chi connectivity index (χ1) is 37.8. The first-order valence-electron chi connectivity index (χ1n) is 27.5. The highest BCUT2D eigenvalue weighted by Gasteiger charge is 2.38. The molecule has 3 aliphatic rings. The Morgan fingerprint density at radius 3 is 1.18 bits per heavy atom. The zero-order valence-electron chi connectivity index (χ0n) is 48.5. The molecule has 1 aliphatic carbocycles. The number of benzene rings is 8. The van der Waals surface area contributed by atoms with Gasteiger partial charge in [0.15, 0.2) is 0 Å². The third-order valence-corrected chi connectivity index (χ3v) is 16.7. The minimum absolute atomic E-state index is 0.289. The van der Waals surface area contributed by atoms with Gasteiger partial charge >= 0.3 is 27.0 Å². The van der Waals surface area contributed by atoms with Crippen LogP contribution in [0.2, 0.25) is 0 Å². The molecule has 2 aliphatic heterocycles. The van der Waals surface area contributed by atoms with Crippen molar-refractivity contribution in [1.29, 1.82) is 0 Å². The summed E-state index contributed by atoms with van der Waals surface area (Å²) in [4.78, 5) is 28.4. The predicted octanol–water partition coefficient (Wildman–Crippen LogP) is 16.6. The lowest BCUT2D eigenvalue weighted by atomic mass is 9.79. The van der Waals surface area contributed by atoms with E-state index in [2.05, 4.69) is 132 Å². The van der Waals surface area contributed by atoms with Gasteiger partial charge in [0.25, 0.3) is 0 Å². The molecule has 412 valence electrons. The molecule has 0 amide bonds. The second-order valence-corrected chi connectivity index (χ2v) is 26.6. The fourth-order valence-corrected chi connectivity index (χ4v) is 12.3. The van der Waals surface area contributed by atoms with Crippen molar-refractivity contribution in [3.63, 3.8) is 0 Å². The summed E-state index contributed by atoms with van der Waals surface area (Å²) in [5.74, 6) is 2.29. The third kappa shape index (κ3) is 10.4. The summed E-state index contributed by atoms with van der Waals surface area (Å²) >= 11 is 0. The Morgan fingerprint density at radius 1 is 0.412 bits per heavy atom. The summed E-state index contributed by atoms with van der Waals surface area (Å²) in [5.41, 5.74) is 11.2. The van der Waals surface area contributed by atoms with Crippen LogP contribution in [0.15, 0.2) is 121 Å². The molecule has 8 aromatic carbocycles. The van der Waals surface area contributed by atoms with Gasteiger partial charge in [-0.3, -0.25) is 0 Å². The first kappa shape index (κ1) is 54.4. The number of hydrogen-bond acceptors (Lipinski definition) is 10. The second kappa shape index (κ2) is 20.2. The number of esters is 1. The molecule has 0 saturated carbocycles. The highest BCUT2D eigenvalue weighted by Crippen LogP contribution is 2.52. The van der Waals surface area contributed by atoms with Gasteiger partial charge in [0.2, 0.25) is 0 Å². The van der Waals surface area contributed by atoms with E-state index >= 15 is 0 Å². The molecule has 8 bridgehead atoms. The number of carbonyl (C=O) groups excluding carboxylic acids is 2. The van der Waals surface area contributed by atoms with Crippen LogP contribution in [0, 0.1) is 0 Å². The van der Waals surface area contributed by atoms with Gasteiger partial charge in [-0.05, 0) is 122 Å². The maximum absolute atomic E-state index is 14.2. The summed E-state index contributed by atoms with van der Waals surface area (Å²) in [6.45, 7) is 25.2. The molecule has 2 unspecified atom stereocenters. The lowest BCUT2D eigenvalue weighted by molar-refractivity contribution is -0.173. The Balaban J connectivity index is 1.15. The van der Waals surface area contributed by atoms with E-state index in [9.17, 15) is 9.59 Å². The first-order valence-corrected chi connectivity index (χ1v) is 28.6. The van der Waals surface area contributed by atoms with Gasteiger partial charge in [-0.1, -0.05) is 192 Å². The Kier molecular flexibility index (Phi) is 13.7. The number of cyclic esters (lactones) is 1. The molecule has 11 heteroatoms. The van der Waals surface area contributed by atoms with Gasteiger partial charge in [-0.2, -0.15) is 0 Å². The van der Waals surface area contributed by atoms with Crippen LogP contribution in [0.4, 0.5) is 0 Å². The van der Waals surface area contributed by atoms with Gasteiger partial charge in [-0.25, -0.2) is 9.59 Å². The van der Waals surface area contributed by atoms with Crippen molar-refractivity contribution in [3.8, 4) is 34.5 Å². The fraction of sp³-hybridized carbons (Fsp3) is 0.333. The molecule has 0 N–H and O–H groups in total. The van der Waals surface area contributed by atoms with E-state index in [-0.39, 0.29) is 21.7 Å². The van der Waals surface area contributed by atoms with E-state index in [0.717, 1.165) is 88.3 Å². The van der Waals surface area contributed by atoms with Crippen LogP contribution in [-0.2, 0) is 56.6 Å². The molecule has 80 heavy (non-hydrogen) atoms. The minimum Gasteiger partial charge on any atom is -0.496 e. The third-order valence-electron chi connectivity index (χ3n) is 15.7.